The van der Waals surface area contributed by atoms with Crippen LogP contribution in [0, 0.1) is 0 Å². The van der Waals surface area contributed by atoms with E-state index in [1.165, 1.54) is 23.8 Å². The smallest absolute Gasteiger partial charge is 0.330 e. The van der Waals surface area contributed by atoms with Crippen molar-refractivity contribution in [1.82, 2.24) is 15.2 Å². The molecule has 0 aromatic carbocycles. The van der Waals surface area contributed by atoms with Gasteiger partial charge in [0.2, 0.25) is 5.91 Å². The van der Waals surface area contributed by atoms with Gasteiger partial charge in [0.15, 0.2) is 16.9 Å². The molecule has 0 spiro atoms. The minimum atomic E-state index is -1.11. The molecule has 1 fully saturated rings. The first-order chi connectivity index (χ1) is 12.3. The number of thioether (sulfide) groups is 1. The summed E-state index contributed by atoms with van der Waals surface area (Å²) < 4.78 is 0. The van der Waals surface area contributed by atoms with Gasteiger partial charge < -0.3 is 25.9 Å². The Kier molecular flexibility index (Phi) is 4.87. The lowest BCUT2D eigenvalue weighted by molar-refractivity contribution is -0.159. The first kappa shape index (κ1) is 18.2. The summed E-state index contributed by atoms with van der Waals surface area (Å²) in [5, 5.41) is 18.6. The number of aromatic nitrogens is 1. The molecular weight excluding hydrogens is 382 g/mol. The Morgan fingerprint density at radius 2 is 2.23 bits per heavy atom. The summed E-state index contributed by atoms with van der Waals surface area (Å²) in [5.74, 6) is -2.24. The molecule has 0 radical (unpaired) electrons. The molecular formula is C14H15N5O5S2. The van der Waals surface area contributed by atoms with Crippen LogP contribution >= 0.6 is 23.1 Å². The van der Waals surface area contributed by atoms with E-state index in [1.54, 1.807) is 17.7 Å². The molecule has 10 nitrogen and oxygen atoms in total. The van der Waals surface area contributed by atoms with Crippen molar-refractivity contribution in [2.75, 3.05) is 12.8 Å². The summed E-state index contributed by atoms with van der Waals surface area (Å²) in [6, 6.07) is -1.89. The number of thiazole rings is 1. The van der Waals surface area contributed by atoms with Gasteiger partial charge in [-0.2, -0.15) is 0 Å². The third-order valence-electron chi connectivity index (χ3n) is 3.87. The Hall–Kier alpha value is -2.60. The minimum absolute atomic E-state index is 0.117. The zero-order chi connectivity index (χ0) is 19.0. The summed E-state index contributed by atoms with van der Waals surface area (Å²) in [6.45, 7) is 1.65. The molecule has 1 aromatic rings. The van der Waals surface area contributed by atoms with Crippen LogP contribution in [0.4, 0.5) is 5.13 Å². The van der Waals surface area contributed by atoms with Crippen molar-refractivity contribution in [2.24, 2.45) is 5.16 Å². The molecule has 12 heteroatoms. The zero-order valence-electron chi connectivity index (χ0n) is 13.7. The standard InChI is InChI=1S/C14H15N5O5S2/c1-5-3-25-12-8(11(21)19(12)9(5)13(22)23)17-10(20)7(18-24-2)6-4-26-14(15)16-6/h3-4,8-9,12H,1-2H3,(H2,15,16)(H,17,20)(H,22,23)/b18-7-/t8-,9?,12-/m1/s1. The van der Waals surface area contributed by atoms with Gasteiger partial charge in [0.25, 0.3) is 5.91 Å². The highest BCUT2D eigenvalue weighted by Gasteiger charge is 2.55. The largest absolute Gasteiger partial charge is 0.479 e. The Labute approximate surface area is 156 Å². The number of carboxylic acids is 1. The van der Waals surface area contributed by atoms with Crippen molar-refractivity contribution in [2.45, 2.75) is 24.4 Å². The van der Waals surface area contributed by atoms with Gasteiger partial charge >= 0.3 is 5.97 Å². The number of oxime groups is 1. The van der Waals surface area contributed by atoms with Crippen molar-refractivity contribution in [3.8, 4) is 0 Å². The number of nitrogen functional groups attached to an aromatic ring is 1. The number of fused-ring (bicyclic) bond motifs is 1. The number of carbonyl (C=O) groups excluding carboxylic acids is 2. The third kappa shape index (κ3) is 3.01. The number of β-lactam (4-membered cyclic amide) rings is 1. The molecule has 3 rings (SSSR count). The number of anilines is 1. The second kappa shape index (κ2) is 6.96. The number of carbonyl (C=O) groups is 3. The second-order valence-corrected chi connectivity index (χ2v) is 7.40. The first-order valence-corrected chi connectivity index (χ1v) is 9.18. The van der Waals surface area contributed by atoms with Crippen LogP contribution in [-0.4, -0.2) is 63.1 Å². The summed E-state index contributed by atoms with van der Waals surface area (Å²) in [4.78, 5) is 46.3. The number of rotatable bonds is 5. The molecule has 1 aromatic heterocycles. The van der Waals surface area contributed by atoms with Crippen molar-refractivity contribution in [3.05, 3.63) is 22.1 Å². The topological polar surface area (TPSA) is 147 Å². The van der Waals surface area contributed by atoms with Gasteiger partial charge in [-0.25, -0.2) is 9.78 Å². The Bertz CT molecular complexity index is 835. The van der Waals surface area contributed by atoms with Crippen LogP contribution in [0.2, 0.25) is 0 Å². The summed E-state index contributed by atoms with van der Waals surface area (Å²) >= 11 is 2.42. The average Bonchev–Trinajstić information content (AvgIpc) is 3.02. The fraction of sp³-hybridized carbons (Fsp3) is 0.357. The van der Waals surface area contributed by atoms with Crippen LogP contribution in [0.5, 0.6) is 0 Å². The van der Waals surface area contributed by atoms with Crippen molar-refractivity contribution in [1.29, 1.82) is 0 Å². The van der Waals surface area contributed by atoms with Crippen molar-refractivity contribution < 1.29 is 24.3 Å². The van der Waals surface area contributed by atoms with E-state index in [-0.39, 0.29) is 16.5 Å². The molecule has 138 valence electrons. The van der Waals surface area contributed by atoms with E-state index in [2.05, 4.69) is 20.3 Å². The molecule has 1 saturated heterocycles. The molecule has 4 N–H and O–H groups in total. The van der Waals surface area contributed by atoms with E-state index < -0.39 is 35.2 Å². The van der Waals surface area contributed by atoms with Crippen LogP contribution in [0.3, 0.4) is 0 Å². The molecule has 26 heavy (non-hydrogen) atoms. The Morgan fingerprint density at radius 1 is 1.50 bits per heavy atom. The predicted octanol–water partition coefficient (Wildman–Crippen LogP) is -0.167. The molecule has 2 aliphatic heterocycles. The van der Waals surface area contributed by atoms with Crippen LogP contribution < -0.4 is 11.1 Å². The van der Waals surface area contributed by atoms with Gasteiger partial charge in [-0.15, -0.1) is 23.1 Å². The third-order valence-corrected chi connectivity index (χ3v) is 5.83. The van der Waals surface area contributed by atoms with Gasteiger partial charge in [-0.1, -0.05) is 5.16 Å². The number of nitrogens with two attached hydrogens (primary N) is 1. The number of aliphatic carboxylic acids is 1. The number of nitrogens with one attached hydrogen (secondary N) is 1. The van der Waals surface area contributed by atoms with Crippen LogP contribution in [-0.2, 0) is 19.2 Å². The molecule has 2 aliphatic rings. The lowest BCUT2D eigenvalue weighted by Gasteiger charge is -2.51. The van der Waals surface area contributed by atoms with Gasteiger partial charge in [0, 0.05) is 5.38 Å². The summed E-state index contributed by atoms with van der Waals surface area (Å²) in [7, 11) is 1.28. The maximum atomic E-state index is 12.5. The molecule has 3 heterocycles. The van der Waals surface area contributed by atoms with Gasteiger partial charge in [-0.05, 0) is 17.9 Å². The van der Waals surface area contributed by atoms with Crippen LogP contribution in [0.15, 0.2) is 21.5 Å². The minimum Gasteiger partial charge on any atom is -0.479 e. The monoisotopic (exact) mass is 397 g/mol. The van der Waals surface area contributed by atoms with E-state index >= 15 is 0 Å². The lowest BCUT2D eigenvalue weighted by atomic mass is 9.98. The average molecular weight is 397 g/mol. The zero-order valence-corrected chi connectivity index (χ0v) is 15.3. The Balaban J connectivity index is 1.77. The van der Waals surface area contributed by atoms with E-state index in [0.717, 1.165) is 11.3 Å². The van der Waals surface area contributed by atoms with Gasteiger partial charge in [-0.3, -0.25) is 9.59 Å². The van der Waals surface area contributed by atoms with Gasteiger partial charge in [0.1, 0.15) is 24.2 Å². The molecule has 0 bridgehead atoms. The second-order valence-electron chi connectivity index (χ2n) is 5.52. The molecule has 3 atom stereocenters. The highest BCUT2D eigenvalue weighted by Crippen LogP contribution is 2.39. The fourth-order valence-electron chi connectivity index (χ4n) is 2.71. The van der Waals surface area contributed by atoms with E-state index in [9.17, 15) is 19.5 Å². The normalized spacial score (nSPS) is 25.1. The summed E-state index contributed by atoms with van der Waals surface area (Å²) in [6.07, 6.45) is 0. The highest BCUT2D eigenvalue weighted by molar-refractivity contribution is 8.02. The number of hydrogen-bond donors (Lipinski definition) is 3. The number of nitrogens with zero attached hydrogens (tertiary/aromatic N) is 3. The predicted molar refractivity (Wildman–Crippen MR) is 95.4 cm³/mol. The lowest BCUT2D eigenvalue weighted by Crippen LogP contribution is -2.74. The highest BCUT2D eigenvalue weighted by atomic mass is 32.2. The Morgan fingerprint density at radius 3 is 2.81 bits per heavy atom. The maximum Gasteiger partial charge on any atom is 0.330 e. The number of amides is 2. The first-order valence-electron chi connectivity index (χ1n) is 7.35. The fourth-order valence-corrected chi connectivity index (χ4v) is 4.44. The van der Waals surface area contributed by atoms with Crippen molar-refractivity contribution >= 4 is 51.7 Å². The van der Waals surface area contributed by atoms with Crippen molar-refractivity contribution in [3.63, 3.8) is 0 Å². The molecule has 0 saturated carbocycles. The molecule has 1 unspecified atom stereocenters. The quantitative estimate of drug-likeness (QED) is 0.352. The molecule has 2 amide bonds. The molecule has 0 aliphatic carbocycles. The van der Waals surface area contributed by atoms with Crippen LogP contribution in [0.1, 0.15) is 12.6 Å². The maximum absolute atomic E-state index is 12.5. The summed E-state index contributed by atoms with van der Waals surface area (Å²) in [5.41, 5.74) is 6.25. The van der Waals surface area contributed by atoms with E-state index in [1.807, 2.05) is 0 Å². The van der Waals surface area contributed by atoms with E-state index in [4.69, 9.17) is 5.73 Å². The van der Waals surface area contributed by atoms with E-state index in [0.29, 0.717) is 5.57 Å². The number of carboxylic acid groups (broad SMARTS) is 1. The van der Waals surface area contributed by atoms with Crippen LogP contribution in [0.25, 0.3) is 0 Å². The SMILES string of the molecule is CO/N=C(\C(=O)N[C@@H]1C(=O)N2C(C(=O)O)C(C)=CS[C@H]12)c1csc(N)n1. The number of hydrogen-bond acceptors (Lipinski definition) is 9. The van der Waals surface area contributed by atoms with Gasteiger partial charge in [0.05, 0.1) is 0 Å².